The molecule has 0 aliphatic carbocycles. The summed E-state index contributed by atoms with van der Waals surface area (Å²) in [6.07, 6.45) is 3.39. The van der Waals surface area contributed by atoms with Crippen molar-refractivity contribution in [1.82, 2.24) is 4.98 Å². The topological polar surface area (TPSA) is 59.4 Å². The number of carboxylic acids is 1. The zero-order valence-corrected chi connectivity index (χ0v) is 9.75. The van der Waals surface area contributed by atoms with Crippen LogP contribution in [0, 0.1) is 0 Å². The van der Waals surface area contributed by atoms with Crippen molar-refractivity contribution in [2.75, 3.05) is 0 Å². The Morgan fingerprint density at radius 2 is 2.17 bits per heavy atom. The van der Waals surface area contributed by atoms with Gasteiger partial charge >= 0.3 is 5.97 Å². The lowest BCUT2D eigenvalue weighted by Gasteiger charge is -2.26. The minimum absolute atomic E-state index is 0.120. The van der Waals surface area contributed by atoms with Gasteiger partial charge in [-0.1, -0.05) is 0 Å². The van der Waals surface area contributed by atoms with Gasteiger partial charge in [-0.05, 0) is 36.8 Å². The summed E-state index contributed by atoms with van der Waals surface area (Å²) in [6.45, 7) is 1.93. The molecular weight excluding hydrogens is 230 g/mol. The van der Waals surface area contributed by atoms with E-state index >= 15 is 0 Å². The van der Waals surface area contributed by atoms with E-state index in [0.29, 0.717) is 5.75 Å². The fourth-order valence-electron chi connectivity index (χ4n) is 2.21. The molecule has 0 bridgehead atoms. The van der Waals surface area contributed by atoms with Crippen LogP contribution >= 0.6 is 0 Å². The summed E-state index contributed by atoms with van der Waals surface area (Å²) in [6, 6.07) is 6.86. The average Bonchev–Trinajstić information content (AvgIpc) is 2.38. The summed E-state index contributed by atoms with van der Waals surface area (Å²) in [5.74, 6) is -0.337. The number of hydrogen-bond donors (Lipinski definition) is 1. The normalized spacial score (nSPS) is 16.4. The minimum atomic E-state index is -0.949. The number of pyridine rings is 1. The largest absolute Gasteiger partial charge is 0.485 e. The Kier molecular flexibility index (Phi) is 2.30. The number of fused-ring (bicyclic) bond motifs is 3. The molecule has 2 heterocycles. The molecule has 0 saturated heterocycles. The monoisotopic (exact) mass is 241 g/mol. The molecule has 1 N–H and O–H groups in total. The van der Waals surface area contributed by atoms with Gasteiger partial charge in [0.1, 0.15) is 11.9 Å². The van der Waals surface area contributed by atoms with Crippen LogP contribution in [0.15, 0.2) is 36.7 Å². The van der Waals surface area contributed by atoms with E-state index in [1.807, 2.05) is 13.0 Å². The zero-order valence-electron chi connectivity index (χ0n) is 9.75. The molecule has 1 aliphatic rings. The first-order chi connectivity index (χ1) is 8.66. The third kappa shape index (κ3) is 1.54. The van der Waals surface area contributed by atoms with Crippen molar-refractivity contribution in [1.29, 1.82) is 0 Å². The van der Waals surface area contributed by atoms with Crippen molar-refractivity contribution in [2.24, 2.45) is 0 Å². The van der Waals surface area contributed by atoms with Gasteiger partial charge in [-0.3, -0.25) is 4.98 Å². The van der Waals surface area contributed by atoms with Gasteiger partial charge < -0.3 is 9.84 Å². The molecule has 1 aromatic carbocycles. The van der Waals surface area contributed by atoms with Gasteiger partial charge in [0.2, 0.25) is 0 Å². The van der Waals surface area contributed by atoms with Crippen molar-refractivity contribution < 1.29 is 14.6 Å². The SMILES string of the molecule is CC1Oc2cc(C(=O)O)ccc2-c2ccncc21. The Morgan fingerprint density at radius 3 is 2.94 bits per heavy atom. The molecule has 0 fully saturated rings. The summed E-state index contributed by atoms with van der Waals surface area (Å²) in [5.41, 5.74) is 3.22. The van der Waals surface area contributed by atoms with E-state index < -0.39 is 5.97 Å². The second kappa shape index (κ2) is 3.84. The Balaban J connectivity index is 2.21. The first-order valence-electron chi connectivity index (χ1n) is 5.65. The summed E-state index contributed by atoms with van der Waals surface area (Å²) in [4.78, 5) is 15.0. The van der Waals surface area contributed by atoms with Crippen molar-refractivity contribution >= 4 is 5.97 Å². The molecule has 0 amide bonds. The van der Waals surface area contributed by atoms with Gasteiger partial charge in [-0.25, -0.2) is 4.79 Å². The van der Waals surface area contributed by atoms with E-state index in [2.05, 4.69) is 4.98 Å². The number of rotatable bonds is 1. The number of aromatic carboxylic acids is 1. The first-order valence-corrected chi connectivity index (χ1v) is 5.65. The third-order valence-corrected chi connectivity index (χ3v) is 3.11. The van der Waals surface area contributed by atoms with Crippen LogP contribution in [0.1, 0.15) is 28.9 Å². The van der Waals surface area contributed by atoms with Crippen LogP contribution in [0.25, 0.3) is 11.1 Å². The minimum Gasteiger partial charge on any atom is -0.485 e. The molecule has 4 heteroatoms. The lowest BCUT2D eigenvalue weighted by molar-refractivity contribution is 0.0696. The standard InChI is InChI=1S/C14H11NO3/c1-8-12-7-15-5-4-10(12)11-3-2-9(14(16)17)6-13(11)18-8/h2-8H,1H3,(H,16,17). The zero-order chi connectivity index (χ0) is 12.7. The second-order valence-corrected chi connectivity index (χ2v) is 4.24. The summed E-state index contributed by atoms with van der Waals surface area (Å²) < 4.78 is 5.75. The highest BCUT2D eigenvalue weighted by atomic mass is 16.5. The molecule has 1 aliphatic heterocycles. The summed E-state index contributed by atoms with van der Waals surface area (Å²) in [7, 11) is 0. The number of ether oxygens (including phenoxy) is 1. The molecule has 0 radical (unpaired) electrons. The Labute approximate surface area is 104 Å². The number of aromatic nitrogens is 1. The Morgan fingerprint density at radius 1 is 1.33 bits per heavy atom. The van der Waals surface area contributed by atoms with Crippen LogP contribution in [0.4, 0.5) is 0 Å². The van der Waals surface area contributed by atoms with E-state index in [4.69, 9.17) is 9.84 Å². The molecule has 1 unspecified atom stereocenters. The summed E-state index contributed by atoms with van der Waals surface area (Å²) >= 11 is 0. The average molecular weight is 241 g/mol. The van der Waals surface area contributed by atoms with Gasteiger partial charge in [-0.15, -0.1) is 0 Å². The van der Waals surface area contributed by atoms with Crippen LogP contribution in [0.3, 0.4) is 0 Å². The van der Waals surface area contributed by atoms with E-state index in [-0.39, 0.29) is 11.7 Å². The van der Waals surface area contributed by atoms with Crippen molar-refractivity contribution in [3.8, 4) is 16.9 Å². The molecule has 2 aromatic rings. The number of carbonyl (C=O) groups is 1. The van der Waals surface area contributed by atoms with Gasteiger partial charge in [0.05, 0.1) is 5.56 Å². The van der Waals surface area contributed by atoms with Crippen LogP contribution < -0.4 is 4.74 Å². The maximum Gasteiger partial charge on any atom is 0.335 e. The molecule has 1 aromatic heterocycles. The predicted molar refractivity (Wildman–Crippen MR) is 65.7 cm³/mol. The first kappa shape index (κ1) is 10.8. The van der Waals surface area contributed by atoms with Crippen molar-refractivity contribution in [3.63, 3.8) is 0 Å². The van der Waals surface area contributed by atoms with Crippen LogP contribution in [0.5, 0.6) is 5.75 Å². The molecular formula is C14H11NO3. The van der Waals surface area contributed by atoms with E-state index in [0.717, 1.165) is 16.7 Å². The van der Waals surface area contributed by atoms with Crippen LogP contribution in [-0.4, -0.2) is 16.1 Å². The smallest absolute Gasteiger partial charge is 0.335 e. The molecule has 4 nitrogen and oxygen atoms in total. The van der Waals surface area contributed by atoms with Gasteiger partial charge in [0.25, 0.3) is 0 Å². The Bertz CT molecular complexity index is 637. The summed E-state index contributed by atoms with van der Waals surface area (Å²) in [5, 5.41) is 8.98. The van der Waals surface area contributed by atoms with E-state index in [9.17, 15) is 4.79 Å². The van der Waals surface area contributed by atoms with Gasteiger partial charge in [0.15, 0.2) is 0 Å². The Hall–Kier alpha value is -2.36. The highest BCUT2D eigenvalue weighted by Gasteiger charge is 2.23. The van der Waals surface area contributed by atoms with Crippen LogP contribution in [-0.2, 0) is 0 Å². The van der Waals surface area contributed by atoms with Gasteiger partial charge in [0, 0.05) is 23.5 Å². The molecule has 90 valence electrons. The lowest BCUT2D eigenvalue weighted by atomic mass is 9.94. The van der Waals surface area contributed by atoms with Crippen molar-refractivity contribution in [3.05, 3.63) is 47.8 Å². The molecule has 0 spiro atoms. The second-order valence-electron chi connectivity index (χ2n) is 4.24. The van der Waals surface area contributed by atoms with Gasteiger partial charge in [-0.2, -0.15) is 0 Å². The third-order valence-electron chi connectivity index (χ3n) is 3.11. The number of benzene rings is 1. The fraction of sp³-hybridized carbons (Fsp3) is 0.143. The highest BCUT2D eigenvalue weighted by molar-refractivity contribution is 5.90. The van der Waals surface area contributed by atoms with E-state index in [1.165, 1.54) is 0 Å². The maximum atomic E-state index is 10.9. The molecule has 3 rings (SSSR count). The quantitative estimate of drug-likeness (QED) is 0.833. The number of nitrogens with zero attached hydrogens (tertiary/aromatic N) is 1. The molecule has 0 saturated carbocycles. The highest BCUT2D eigenvalue weighted by Crippen LogP contribution is 2.41. The fourth-order valence-corrected chi connectivity index (χ4v) is 2.21. The molecule has 1 atom stereocenters. The lowest BCUT2D eigenvalue weighted by Crippen LogP contribution is -2.12. The van der Waals surface area contributed by atoms with Crippen molar-refractivity contribution in [2.45, 2.75) is 13.0 Å². The van der Waals surface area contributed by atoms with E-state index in [1.54, 1.807) is 30.6 Å². The number of hydrogen-bond acceptors (Lipinski definition) is 3. The predicted octanol–water partition coefficient (Wildman–Crippen LogP) is 2.90. The molecule has 18 heavy (non-hydrogen) atoms. The number of carboxylic acid groups (broad SMARTS) is 1. The maximum absolute atomic E-state index is 10.9. The van der Waals surface area contributed by atoms with Crippen LogP contribution in [0.2, 0.25) is 0 Å².